The molecule has 0 aromatic heterocycles. The van der Waals surface area contributed by atoms with Crippen LogP contribution in [0.1, 0.15) is 20.3 Å². The Hall–Kier alpha value is -2.30. The summed E-state index contributed by atoms with van der Waals surface area (Å²) in [4.78, 5) is 45.7. The van der Waals surface area contributed by atoms with E-state index in [0.717, 1.165) is 0 Å². The third kappa shape index (κ3) is 4.46. The number of para-hydroxylation sites is 1. The molecular formula is C14H15NO4. The number of carbonyl (C=O) groups excluding carboxylic acids is 4. The topological polar surface area (TPSA) is 80.3 Å². The fourth-order valence-electron chi connectivity index (χ4n) is 1.73. The molecule has 0 heterocycles. The van der Waals surface area contributed by atoms with Crippen molar-refractivity contribution in [2.24, 2.45) is 5.92 Å². The predicted molar refractivity (Wildman–Crippen MR) is 69.5 cm³/mol. The van der Waals surface area contributed by atoms with Gasteiger partial charge in [0.1, 0.15) is 17.5 Å². The van der Waals surface area contributed by atoms with Crippen molar-refractivity contribution in [1.82, 2.24) is 0 Å². The lowest BCUT2D eigenvalue weighted by Gasteiger charge is -2.09. The predicted octanol–water partition coefficient (Wildman–Crippen LogP) is 1.38. The molecule has 0 bridgehead atoms. The van der Waals surface area contributed by atoms with Crippen LogP contribution in [0.25, 0.3) is 0 Å². The van der Waals surface area contributed by atoms with Crippen LogP contribution >= 0.6 is 0 Å². The SMILES string of the molecule is CC(=O)C(C(C)=O)C(=O)CC(=O)Nc1ccccc1. The first-order valence-corrected chi connectivity index (χ1v) is 5.80. The van der Waals surface area contributed by atoms with E-state index in [1.54, 1.807) is 30.3 Å². The van der Waals surface area contributed by atoms with Crippen molar-refractivity contribution in [3.05, 3.63) is 30.3 Å². The quantitative estimate of drug-likeness (QED) is 0.784. The number of hydrogen-bond donors (Lipinski definition) is 1. The van der Waals surface area contributed by atoms with Gasteiger partial charge in [0.25, 0.3) is 0 Å². The molecule has 0 aliphatic heterocycles. The maximum absolute atomic E-state index is 11.7. The number of carbonyl (C=O) groups is 4. The maximum atomic E-state index is 11.7. The number of benzene rings is 1. The molecule has 1 N–H and O–H groups in total. The number of anilines is 1. The van der Waals surface area contributed by atoms with Gasteiger partial charge < -0.3 is 5.32 Å². The van der Waals surface area contributed by atoms with E-state index in [9.17, 15) is 19.2 Å². The summed E-state index contributed by atoms with van der Waals surface area (Å²) in [6.45, 7) is 2.33. The summed E-state index contributed by atoms with van der Waals surface area (Å²) in [6, 6.07) is 8.63. The summed E-state index contributed by atoms with van der Waals surface area (Å²) in [5, 5.41) is 2.52. The van der Waals surface area contributed by atoms with Gasteiger partial charge in [0.05, 0.1) is 6.42 Å². The molecule has 19 heavy (non-hydrogen) atoms. The van der Waals surface area contributed by atoms with Gasteiger partial charge in [0, 0.05) is 5.69 Å². The van der Waals surface area contributed by atoms with Crippen LogP contribution < -0.4 is 5.32 Å². The van der Waals surface area contributed by atoms with E-state index in [0.29, 0.717) is 5.69 Å². The van der Waals surface area contributed by atoms with Crippen LogP contribution in [0.4, 0.5) is 5.69 Å². The monoisotopic (exact) mass is 261 g/mol. The molecule has 0 fully saturated rings. The highest BCUT2D eigenvalue weighted by Gasteiger charge is 2.29. The lowest BCUT2D eigenvalue weighted by atomic mass is 9.93. The van der Waals surface area contributed by atoms with Crippen LogP contribution in [-0.4, -0.2) is 23.3 Å². The molecule has 5 nitrogen and oxygen atoms in total. The Morgan fingerprint density at radius 2 is 1.53 bits per heavy atom. The number of ketones is 3. The Morgan fingerprint density at radius 3 is 2.00 bits per heavy atom. The Bertz CT molecular complexity index is 493. The van der Waals surface area contributed by atoms with Crippen molar-refractivity contribution in [3.63, 3.8) is 0 Å². The van der Waals surface area contributed by atoms with Crippen LogP contribution in [0.15, 0.2) is 30.3 Å². The van der Waals surface area contributed by atoms with Gasteiger partial charge in [-0.3, -0.25) is 19.2 Å². The van der Waals surface area contributed by atoms with E-state index in [1.807, 2.05) is 0 Å². The van der Waals surface area contributed by atoms with Crippen molar-refractivity contribution in [3.8, 4) is 0 Å². The van der Waals surface area contributed by atoms with Gasteiger partial charge >= 0.3 is 0 Å². The summed E-state index contributed by atoms with van der Waals surface area (Å²) < 4.78 is 0. The second-order valence-corrected chi connectivity index (χ2v) is 4.21. The zero-order valence-corrected chi connectivity index (χ0v) is 10.8. The number of nitrogens with one attached hydrogen (secondary N) is 1. The van der Waals surface area contributed by atoms with Crippen molar-refractivity contribution in [1.29, 1.82) is 0 Å². The molecule has 0 aliphatic carbocycles. The minimum atomic E-state index is -1.33. The Balaban J connectivity index is 2.64. The van der Waals surface area contributed by atoms with E-state index >= 15 is 0 Å². The lowest BCUT2D eigenvalue weighted by molar-refractivity contribution is -0.138. The van der Waals surface area contributed by atoms with Crippen molar-refractivity contribution in [2.45, 2.75) is 20.3 Å². The Morgan fingerprint density at radius 1 is 1.00 bits per heavy atom. The van der Waals surface area contributed by atoms with Crippen LogP contribution in [0.3, 0.4) is 0 Å². The third-order valence-corrected chi connectivity index (χ3v) is 2.53. The zero-order valence-electron chi connectivity index (χ0n) is 10.8. The molecule has 1 aromatic rings. The number of amides is 1. The van der Waals surface area contributed by atoms with Crippen LogP contribution in [0.2, 0.25) is 0 Å². The van der Waals surface area contributed by atoms with Crippen LogP contribution in [0, 0.1) is 5.92 Å². The number of Topliss-reactive ketones (excluding diaryl/α,β-unsaturated/α-hetero) is 3. The second-order valence-electron chi connectivity index (χ2n) is 4.21. The molecule has 0 saturated heterocycles. The standard InChI is InChI=1S/C14H15NO4/c1-9(16)14(10(2)17)12(18)8-13(19)15-11-6-4-3-5-7-11/h3-7,14H,8H2,1-2H3,(H,15,19). The van der Waals surface area contributed by atoms with Gasteiger partial charge in [-0.05, 0) is 26.0 Å². The van der Waals surface area contributed by atoms with Crippen LogP contribution in [-0.2, 0) is 19.2 Å². The molecule has 1 rings (SSSR count). The lowest BCUT2D eigenvalue weighted by Crippen LogP contribution is -2.31. The average molecular weight is 261 g/mol. The smallest absolute Gasteiger partial charge is 0.231 e. The highest BCUT2D eigenvalue weighted by atomic mass is 16.2. The van der Waals surface area contributed by atoms with E-state index in [4.69, 9.17) is 0 Å². The molecule has 0 unspecified atom stereocenters. The number of rotatable bonds is 6. The van der Waals surface area contributed by atoms with Gasteiger partial charge in [-0.25, -0.2) is 0 Å². The molecule has 1 aromatic carbocycles. The van der Waals surface area contributed by atoms with Crippen LogP contribution in [0.5, 0.6) is 0 Å². The van der Waals surface area contributed by atoms with Gasteiger partial charge in [-0.1, -0.05) is 18.2 Å². The molecule has 5 heteroatoms. The summed E-state index contributed by atoms with van der Waals surface area (Å²) in [5.74, 6) is -3.62. The van der Waals surface area contributed by atoms with Crippen molar-refractivity contribution in [2.75, 3.05) is 5.32 Å². The fourth-order valence-corrected chi connectivity index (χ4v) is 1.73. The molecular weight excluding hydrogens is 246 g/mol. The van der Waals surface area contributed by atoms with Crippen molar-refractivity contribution < 1.29 is 19.2 Å². The minimum Gasteiger partial charge on any atom is -0.326 e. The third-order valence-electron chi connectivity index (χ3n) is 2.53. The normalized spacial score (nSPS) is 10.1. The highest BCUT2D eigenvalue weighted by Crippen LogP contribution is 2.09. The molecule has 100 valence electrons. The van der Waals surface area contributed by atoms with Gasteiger partial charge in [-0.2, -0.15) is 0 Å². The first-order chi connectivity index (χ1) is 8.91. The molecule has 0 radical (unpaired) electrons. The molecule has 0 spiro atoms. The summed E-state index contributed by atoms with van der Waals surface area (Å²) >= 11 is 0. The Kier molecular flexibility index (Phi) is 5.11. The van der Waals surface area contributed by atoms with E-state index in [1.165, 1.54) is 13.8 Å². The molecule has 0 saturated carbocycles. The van der Waals surface area contributed by atoms with Gasteiger partial charge in [-0.15, -0.1) is 0 Å². The van der Waals surface area contributed by atoms with Crippen molar-refractivity contribution >= 4 is 28.9 Å². The number of hydrogen-bond acceptors (Lipinski definition) is 4. The molecule has 0 aliphatic rings. The Labute approximate surface area is 111 Å². The van der Waals surface area contributed by atoms with Gasteiger partial charge in [0.15, 0.2) is 5.78 Å². The van der Waals surface area contributed by atoms with E-state index in [-0.39, 0.29) is 0 Å². The fraction of sp³-hybridized carbons (Fsp3) is 0.286. The van der Waals surface area contributed by atoms with E-state index < -0.39 is 35.6 Å². The summed E-state index contributed by atoms with van der Waals surface area (Å²) in [5.41, 5.74) is 0.558. The second kappa shape index (κ2) is 6.58. The maximum Gasteiger partial charge on any atom is 0.231 e. The van der Waals surface area contributed by atoms with E-state index in [2.05, 4.69) is 5.32 Å². The summed E-state index contributed by atoms with van der Waals surface area (Å²) in [6.07, 6.45) is -0.487. The average Bonchev–Trinajstić information content (AvgIpc) is 2.28. The first kappa shape index (κ1) is 14.8. The molecule has 0 atom stereocenters. The summed E-state index contributed by atoms with van der Waals surface area (Å²) in [7, 11) is 0. The van der Waals surface area contributed by atoms with Gasteiger partial charge in [0.2, 0.25) is 5.91 Å². The highest BCUT2D eigenvalue weighted by molar-refractivity contribution is 6.22. The molecule has 1 amide bonds. The largest absolute Gasteiger partial charge is 0.326 e. The first-order valence-electron chi connectivity index (χ1n) is 5.80. The minimum absolute atomic E-state index is 0.487. The zero-order chi connectivity index (χ0) is 14.4.